The van der Waals surface area contributed by atoms with Crippen LogP contribution in [0.3, 0.4) is 0 Å². The van der Waals surface area contributed by atoms with Gasteiger partial charge in [0.1, 0.15) is 0 Å². The van der Waals surface area contributed by atoms with Gasteiger partial charge in [-0.05, 0) is 31.2 Å². The fourth-order valence-corrected chi connectivity index (χ4v) is 1.80. The SMILES string of the molecule is CCNCCNC(=O)c1cn(-c2cccc(C)c2)nn1. The first-order chi connectivity index (χ1) is 9.70. The summed E-state index contributed by atoms with van der Waals surface area (Å²) >= 11 is 0. The molecule has 0 saturated heterocycles. The first-order valence-electron chi connectivity index (χ1n) is 6.69. The van der Waals surface area contributed by atoms with Gasteiger partial charge >= 0.3 is 0 Å². The summed E-state index contributed by atoms with van der Waals surface area (Å²) in [7, 11) is 0. The normalized spacial score (nSPS) is 10.5. The smallest absolute Gasteiger partial charge is 0.273 e. The van der Waals surface area contributed by atoms with Gasteiger partial charge in [-0.2, -0.15) is 0 Å². The molecule has 0 aliphatic heterocycles. The highest BCUT2D eigenvalue weighted by atomic mass is 16.2. The molecule has 0 radical (unpaired) electrons. The van der Waals surface area contributed by atoms with E-state index >= 15 is 0 Å². The Labute approximate surface area is 118 Å². The maximum Gasteiger partial charge on any atom is 0.273 e. The lowest BCUT2D eigenvalue weighted by atomic mass is 10.2. The summed E-state index contributed by atoms with van der Waals surface area (Å²) in [5, 5.41) is 13.8. The van der Waals surface area contributed by atoms with Gasteiger partial charge in [0.05, 0.1) is 11.9 Å². The quantitative estimate of drug-likeness (QED) is 0.768. The van der Waals surface area contributed by atoms with Crippen molar-refractivity contribution in [3.63, 3.8) is 0 Å². The standard InChI is InChI=1S/C14H19N5O/c1-3-15-7-8-16-14(20)13-10-19(18-17-13)12-6-4-5-11(2)9-12/h4-6,9-10,15H,3,7-8H2,1-2H3,(H,16,20). The van der Waals surface area contributed by atoms with Crippen molar-refractivity contribution >= 4 is 5.91 Å². The first kappa shape index (κ1) is 14.2. The van der Waals surface area contributed by atoms with Gasteiger partial charge in [-0.3, -0.25) is 4.79 Å². The third kappa shape index (κ3) is 3.64. The van der Waals surface area contributed by atoms with Crippen molar-refractivity contribution in [3.8, 4) is 5.69 Å². The number of nitrogens with zero attached hydrogens (tertiary/aromatic N) is 3. The number of amides is 1. The Kier molecular flexibility index (Phi) is 4.84. The van der Waals surface area contributed by atoms with E-state index in [-0.39, 0.29) is 5.91 Å². The van der Waals surface area contributed by atoms with Crippen molar-refractivity contribution < 1.29 is 4.79 Å². The van der Waals surface area contributed by atoms with Gasteiger partial charge in [-0.15, -0.1) is 5.10 Å². The van der Waals surface area contributed by atoms with Crippen molar-refractivity contribution in [3.05, 3.63) is 41.7 Å². The molecule has 2 aromatic rings. The number of likely N-dealkylation sites (N-methyl/N-ethyl adjacent to an activating group) is 1. The van der Waals surface area contributed by atoms with E-state index in [0.29, 0.717) is 12.2 Å². The van der Waals surface area contributed by atoms with Crippen LogP contribution in [0, 0.1) is 6.92 Å². The average molecular weight is 273 g/mol. The van der Waals surface area contributed by atoms with Crippen molar-refractivity contribution in [2.45, 2.75) is 13.8 Å². The van der Waals surface area contributed by atoms with Crippen LogP contribution in [-0.2, 0) is 0 Å². The van der Waals surface area contributed by atoms with Crippen LogP contribution in [0.25, 0.3) is 5.69 Å². The predicted molar refractivity (Wildman–Crippen MR) is 77.0 cm³/mol. The second-order valence-electron chi connectivity index (χ2n) is 4.50. The molecule has 0 atom stereocenters. The van der Waals surface area contributed by atoms with Crippen molar-refractivity contribution in [1.82, 2.24) is 25.6 Å². The topological polar surface area (TPSA) is 71.8 Å². The molecule has 2 N–H and O–H groups in total. The highest BCUT2D eigenvalue weighted by molar-refractivity contribution is 5.91. The molecule has 1 amide bonds. The van der Waals surface area contributed by atoms with Crippen LogP contribution in [0.15, 0.2) is 30.5 Å². The molecule has 0 fully saturated rings. The van der Waals surface area contributed by atoms with E-state index in [0.717, 1.165) is 24.3 Å². The number of hydrogen-bond acceptors (Lipinski definition) is 4. The van der Waals surface area contributed by atoms with E-state index in [9.17, 15) is 4.79 Å². The van der Waals surface area contributed by atoms with Gasteiger partial charge in [-0.25, -0.2) is 4.68 Å². The summed E-state index contributed by atoms with van der Waals surface area (Å²) in [6.45, 7) is 6.24. The summed E-state index contributed by atoms with van der Waals surface area (Å²) in [6.07, 6.45) is 1.64. The number of nitrogens with one attached hydrogen (secondary N) is 2. The van der Waals surface area contributed by atoms with Gasteiger partial charge in [0, 0.05) is 13.1 Å². The Morgan fingerprint density at radius 2 is 2.20 bits per heavy atom. The van der Waals surface area contributed by atoms with Crippen LogP contribution in [0.5, 0.6) is 0 Å². The Balaban J connectivity index is 2.00. The maximum absolute atomic E-state index is 11.9. The molecular weight excluding hydrogens is 254 g/mol. The van der Waals surface area contributed by atoms with Gasteiger partial charge in [0.15, 0.2) is 5.69 Å². The van der Waals surface area contributed by atoms with Crippen LogP contribution in [0.2, 0.25) is 0 Å². The minimum absolute atomic E-state index is 0.207. The van der Waals surface area contributed by atoms with Gasteiger partial charge in [0.25, 0.3) is 5.91 Å². The fraction of sp³-hybridized carbons (Fsp3) is 0.357. The average Bonchev–Trinajstić information content (AvgIpc) is 2.93. The van der Waals surface area contributed by atoms with E-state index in [1.807, 2.05) is 38.1 Å². The maximum atomic E-state index is 11.9. The fourth-order valence-electron chi connectivity index (χ4n) is 1.80. The molecule has 20 heavy (non-hydrogen) atoms. The molecule has 6 heteroatoms. The Bertz CT molecular complexity index is 578. The second-order valence-corrected chi connectivity index (χ2v) is 4.50. The lowest BCUT2D eigenvalue weighted by molar-refractivity contribution is 0.0949. The predicted octanol–water partition coefficient (Wildman–Crippen LogP) is 0.915. The van der Waals surface area contributed by atoms with E-state index in [1.54, 1.807) is 10.9 Å². The highest BCUT2D eigenvalue weighted by Gasteiger charge is 2.10. The van der Waals surface area contributed by atoms with Crippen LogP contribution >= 0.6 is 0 Å². The monoisotopic (exact) mass is 273 g/mol. The molecule has 0 spiro atoms. The molecule has 1 heterocycles. The molecule has 0 unspecified atom stereocenters. The zero-order valence-corrected chi connectivity index (χ0v) is 11.8. The van der Waals surface area contributed by atoms with E-state index < -0.39 is 0 Å². The van der Waals surface area contributed by atoms with Crippen molar-refractivity contribution in [1.29, 1.82) is 0 Å². The van der Waals surface area contributed by atoms with Crippen LogP contribution in [-0.4, -0.2) is 40.5 Å². The molecule has 1 aromatic carbocycles. The summed E-state index contributed by atoms with van der Waals surface area (Å²) in [5.74, 6) is -0.207. The molecule has 0 aliphatic carbocycles. The van der Waals surface area contributed by atoms with Crippen LogP contribution in [0.4, 0.5) is 0 Å². The number of benzene rings is 1. The molecule has 0 bridgehead atoms. The number of aromatic nitrogens is 3. The van der Waals surface area contributed by atoms with Crippen LogP contribution in [0.1, 0.15) is 23.0 Å². The minimum Gasteiger partial charge on any atom is -0.349 e. The van der Waals surface area contributed by atoms with Crippen molar-refractivity contribution in [2.75, 3.05) is 19.6 Å². The van der Waals surface area contributed by atoms with E-state index in [1.165, 1.54) is 0 Å². The van der Waals surface area contributed by atoms with Crippen molar-refractivity contribution in [2.24, 2.45) is 0 Å². The van der Waals surface area contributed by atoms with Crippen LogP contribution < -0.4 is 10.6 Å². The van der Waals surface area contributed by atoms with Gasteiger partial charge < -0.3 is 10.6 Å². The Hall–Kier alpha value is -2.21. The molecule has 0 aliphatic rings. The largest absolute Gasteiger partial charge is 0.349 e. The molecule has 106 valence electrons. The zero-order valence-electron chi connectivity index (χ0n) is 11.8. The Morgan fingerprint density at radius 3 is 2.95 bits per heavy atom. The number of hydrogen-bond donors (Lipinski definition) is 2. The van der Waals surface area contributed by atoms with E-state index in [4.69, 9.17) is 0 Å². The number of carbonyl (C=O) groups is 1. The number of rotatable bonds is 6. The lowest BCUT2D eigenvalue weighted by Gasteiger charge is -2.02. The Morgan fingerprint density at radius 1 is 1.35 bits per heavy atom. The molecule has 1 aromatic heterocycles. The first-order valence-corrected chi connectivity index (χ1v) is 6.69. The second kappa shape index (κ2) is 6.81. The summed E-state index contributed by atoms with van der Waals surface area (Å²) in [5.41, 5.74) is 2.35. The third-order valence-electron chi connectivity index (χ3n) is 2.83. The molecular formula is C14H19N5O. The number of carbonyl (C=O) groups excluding carboxylic acids is 1. The zero-order chi connectivity index (χ0) is 14.4. The van der Waals surface area contributed by atoms with Gasteiger partial charge in [0.2, 0.25) is 0 Å². The molecule has 0 saturated carbocycles. The lowest BCUT2D eigenvalue weighted by Crippen LogP contribution is -2.31. The molecule has 2 rings (SSSR count). The number of aryl methyl sites for hydroxylation is 1. The minimum atomic E-state index is -0.207. The third-order valence-corrected chi connectivity index (χ3v) is 2.83. The van der Waals surface area contributed by atoms with Gasteiger partial charge in [-0.1, -0.05) is 24.3 Å². The summed E-state index contributed by atoms with van der Waals surface area (Å²) in [4.78, 5) is 11.9. The molecule has 6 nitrogen and oxygen atoms in total. The van der Waals surface area contributed by atoms with E-state index in [2.05, 4.69) is 20.9 Å². The highest BCUT2D eigenvalue weighted by Crippen LogP contribution is 2.08. The summed E-state index contributed by atoms with van der Waals surface area (Å²) in [6, 6.07) is 7.87. The summed E-state index contributed by atoms with van der Waals surface area (Å²) < 4.78 is 1.60.